The summed E-state index contributed by atoms with van der Waals surface area (Å²) in [6.07, 6.45) is -0.690. The van der Waals surface area contributed by atoms with Crippen molar-refractivity contribution >= 4 is 22.7 Å². The minimum atomic E-state index is -0.762. The van der Waals surface area contributed by atoms with Gasteiger partial charge >= 0.3 is 11.9 Å². The Morgan fingerprint density at radius 2 is 1.41 bits per heavy atom. The Kier molecular flexibility index (Phi) is 7.95. The van der Waals surface area contributed by atoms with E-state index in [1.54, 1.807) is 28.4 Å². The van der Waals surface area contributed by atoms with Crippen molar-refractivity contribution in [3.63, 3.8) is 0 Å². The minimum absolute atomic E-state index is 0.0724. The van der Waals surface area contributed by atoms with Crippen molar-refractivity contribution in [1.29, 1.82) is 0 Å². The van der Waals surface area contributed by atoms with Crippen LogP contribution in [0.15, 0.2) is 66.7 Å². The van der Waals surface area contributed by atoms with Crippen LogP contribution in [0.25, 0.3) is 10.8 Å². The van der Waals surface area contributed by atoms with Crippen molar-refractivity contribution in [2.45, 2.75) is 18.4 Å². The predicted octanol–water partition coefficient (Wildman–Crippen LogP) is 5.64. The third-order valence-electron chi connectivity index (χ3n) is 8.65. The summed E-state index contributed by atoms with van der Waals surface area (Å²) in [5.74, 6) is -0.0681. The lowest BCUT2D eigenvalue weighted by molar-refractivity contribution is -0.153. The second kappa shape index (κ2) is 12.0. The van der Waals surface area contributed by atoms with Crippen LogP contribution in [0.4, 0.5) is 0 Å². The molecule has 4 aromatic carbocycles. The van der Waals surface area contributed by atoms with E-state index >= 15 is 0 Å². The zero-order valence-corrected chi connectivity index (χ0v) is 25.2. The second-order valence-corrected chi connectivity index (χ2v) is 10.8. The zero-order chi connectivity index (χ0) is 31.0. The van der Waals surface area contributed by atoms with Crippen molar-refractivity contribution in [3.8, 4) is 28.7 Å². The first-order valence-corrected chi connectivity index (χ1v) is 14.3. The molecule has 1 fully saturated rings. The molecule has 0 amide bonds. The van der Waals surface area contributed by atoms with Gasteiger partial charge in [0.25, 0.3) is 0 Å². The summed E-state index contributed by atoms with van der Waals surface area (Å²) in [6.45, 7) is 0.102. The van der Waals surface area contributed by atoms with Crippen LogP contribution in [0.3, 0.4) is 0 Å². The first-order chi connectivity index (χ1) is 21.4. The molecule has 4 atom stereocenters. The molecule has 228 valence electrons. The molecule has 1 aliphatic heterocycles. The maximum atomic E-state index is 13.6. The minimum Gasteiger partial charge on any atom is -0.493 e. The van der Waals surface area contributed by atoms with Gasteiger partial charge in [-0.3, -0.25) is 9.59 Å². The van der Waals surface area contributed by atoms with Gasteiger partial charge in [-0.25, -0.2) is 0 Å². The van der Waals surface area contributed by atoms with E-state index < -0.39 is 29.8 Å². The summed E-state index contributed by atoms with van der Waals surface area (Å²) in [6, 6.07) is 21.1. The van der Waals surface area contributed by atoms with E-state index in [1.807, 2.05) is 66.7 Å². The highest BCUT2D eigenvalue weighted by Crippen LogP contribution is 2.56. The van der Waals surface area contributed by atoms with E-state index in [1.165, 1.54) is 7.11 Å². The Labute approximate surface area is 255 Å². The maximum absolute atomic E-state index is 13.6. The molecule has 0 aromatic heterocycles. The smallest absolute Gasteiger partial charge is 0.310 e. The van der Waals surface area contributed by atoms with Crippen LogP contribution in [0.5, 0.6) is 28.7 Å². The van der Waals surface area contributed by atoms with Crippen LogP contribution in [0.1, 0.15) is 34.3 Å². The van der Waals surface area contributed by atoms with E-state index in [9.17, 15) is 9.59 Å². The van der Waals surface area contributed by atoms with Gasteiger partial charge in [-0.15, -0.1) is 0 Å². The molecular weight excluding hydrogens is 564 g/mol. The van der Waals surface area contributed by atoms with Gasteiger partial charge in [-0.05, 0) is 51.7 Å². The predicted molar refractivity (Wildman–Crippen MR) is 162 cm³/mol. The second-order valence-electron chi connectivity index (χ2n) is 10.8. The van der Waals surface area contributed by atoms with Crippen LogP contribution < -0.4 is 23.7 Å². The SMILES string of the molecule is COc1cc2c(cc1OC)[C@H](OC(=O)Cc1cccc3ccccc13)[C@H]1COC(=O)[C@@H]1[C@@H]2c1cc(OC)c(OC)c(OC)c1. The van der Waals surface area contributed by atoms with Gasteiger partial charge in [0.2, 0.25) is 5.75 Å². The van der Waals surface area contributed by atoms with Crippen LogP contribution in [-0.2, 0) is 25.5 Å². The Balaban J connectivity index is 1.47. The van der Waals surface area contributed by atoms with Gasteiger partial charge in [0.1, 0.15) is 6.10 Å². The Morgan fingerprint density at radius 1 is 0.773 bits per heavy atom. The maximum Gasteiger partial charge on any atom is 0.310 e. The number of fused-ring (bicyclic) bond motifs is 3. The molecule has 9 nitrogen and oxygen atoms in total. The highest BCUT2D eigenvalue weighted by Gasteiger charge is 2.54. The lowest BCUT2D eigenvalue weighted by Gasteiger charge is -2.39. The summed E-state index contributed by atoms with van der Waals surface area (Å²) >= 11 is 0. The van der Waals surface area contributed by atoms with Gasteiger partial charge in [0, 0.05) is 17.4 Å². The third-order valence-corrected chi connectivity index (χ3v) is 8.65. The quantitative estimate of drug-likeness (QED) is 0.227. The number of rotatable bonds is 9. The summed E-state index contributed by atoms with van der Waals surface area (Å²) < 4.78 is 40.1. The Bertz CT molecular complexity index is 1700. The fraction of sp³-hybridized carbons (Fsp3) is 0.314. The van der Waals surface area contributed by atoms with Crippen LogP contribution in [0.2, 0.25) is 0 Å². The van der Waals surface area contributed by atoms with Crippen molar-refractivity contribution in [3.05, 3.63) is 89.0 Å². The van der Waals surface area contributed by atoms with E-state index in [-0.39, 0.29) is 19.0 Å². The topological polar surface area (TPSA) is 98.8 Å². The van der Waals surface area contributed by atoms with Crippen molar-refractivity contribution in [2.75, 3.05) is 42.2 Å². The van der Waals surface area contributed by atoms with E-state index in [4.69, 9.17) is 33.2 Å². The van der Waals surface area contributed by atoms with Crippen molar-refractivity contribution in [1.82, 2.24) is 0 Å². The average molecular weight is 599 g/mol. The van der Waals surface area contributed by atoms with Crippen molar-refractivity contribution in [2.24, 2.45) is 11.8 Å². The fourth-order valence-corrected chi connectivity index (χ4v) is 6.67. The number of carbonyl (C=O) groups is 2. The molecule has 0 radical (unpaired) electrons. The van der Waals surface area contributed by atoms with Gasteiger partial charge in [0.15, 0.2) is 23.0 Å². The molecule has 6 rings (SSSR count). The molecule has 0 spiro atoms. The van der Waals surface area contributed by atoms with Crippen molar-refractivity contribution < 1.29 is 42.7 Å². The monoisotopic (exact) mass is 598 g/mol. The Morgan fingerprint density at radius 3 is 2.07 bits per heavy atom. The summed E-state index contributed by atoms with van der Waals surface area (Å²) in [4.78, 5) is 27.1. The number of cyclic esters (lactones) is 1. The molecule has 9 heteroatoms. The molecule has 0 unspecified atom stereocenters. The first kappa shape index (κ1) is 29.2. The number of benzene rings is 4. The van der Waals surface area contributed by atoms with Crippen LogP contribution >= 0.6 is 0 Å². The third kappa shape index (κ3) is 4.92. The van der Waals surface area contributed by atoms with E-state index in [2.05, 4.69) is 0 Å². The fourth-order valence-electron chi connectivity index (χ4n) is 6.67. The molecule has 0 bridgehead atoms. The zero-order valence-electron chi connectivity index (χ0n) is 25.2. The number of ether oxygens (including phenoxy) is 7. The standard InChI is InChI=1S/C35H34O9/c1-38-26-16-23-24(17-27(26)39-2)33(44-30(36)15-20-11-8-10-19-9-6-7-12-22(19)20)25-18-43-35(37)32(25)31(23)21-13-28(40-3)34(42-5)29(14-21)41-4/h6-14,16-17,25,31-33H,15,18H2,1-5H3/t25-,31+,32-,33-/m0/s1. The number of methoxy groups -OCH3 is 5. The average Bonchev–Trinajstić information content (AvgIpc) is 3.44. The van der Waals surface area contributed by atoms with E-state index in [0.29, 0.717) is 34.3 Å². The molecule has 0 saturated carbocycles. The van der Waals surface area contributed by atoms with Crippen LogP contribution in [-0.4, -0.2) is 54.1 Å². The highest BCUT2D eigenvalue weighted by atomic mass is 16.6. The molecule has 2 aliphatic rings. The number of hydrogen-bond acceptors (Lipinski definition) is 9. The summed E-state index contributed by atoms with van der Waals surface area (Å²) in [5.41, 5.74) is 3.08. The highest BCUT2D eigenvalue weighted by molar-refractivity contribution is 5.89. The normalized spacial score (nSPS) is 20.2. The number of esters is 2. The molecule has 4 aromatic rings. The molecule has 1 saturated heterocycles. The van der Waals surface area contributed by atoms with Gasteiger partial charge < -0.3 is 33.2 Å². The number of hydrogen-bond donors (Lipinski definition) is 0. The largest absolute Gasteiger partial charge is 0.493 e. The van der Waals surface area contributed by atoms with Gasteiger partial charge in [-0.2, -0.15) is 0 Å². The number of carbonyl (C=O) groups excluding carboxylic acids is 2. The molecule has 44 heavy (non-hydrogen) atoms. The molecule has 0 N–H and O–H groups in total. The lowest BCUT2D eigenvalue weighted by atomic mass is 9.66. The first-order valence-electron chi connectivity index (χ1n) is 14.3. The molecule has 1 heterocycles. The molecular formula is C35H34O9. The molecule has 1 aliphatic carbocycles. The summed E-state index contributed by atoms with van der Waals surface area (Å²) in [7, 11) is 7.73. The lowest BCUT2D eigenvalue weighted by Crippen LogP contribution is -2.37. The summed E-state index contributed by atoms with van der Waals surface area (Å²) in [5, 5.41) is 2.03. The van der Waals surface area contributed by atoms with E-state index in [0.717, 1.165) is 27.5 Å². The Hall–Kier alpha value is -4.92. The van der Waals surface area contributed by atoms with Crippen LogP contribution in [0, 0.1) is 11.8 Å². The van der Waals surface area contributed by atoms with Gasteiger partial charge in [0.05, 0.1) is 54.5 Å². The van der Waals surface area contributed by atoms with Gasteiger partial charge in [-0.1, -0.05) is 42.5 Å².